The number of hydrogen-bond donors (Lipinski definition) is 2. The molecule has 0 fully saturated rings. The van der Waals surface area contributed by atoms with Gasteiger partial charge in [0.2, 0.25) is 0 Å². The van der Waals surface area contributed by atoms with Crippen LogP contribution in [0.5, 0.6) is 5.75 Å². The molecule has 0 aliphatic carbocycles. The van der Waals surface area contributed by atoms with E-state index in [0.717, 1.165) is 37.0 Å². The number of nitrogens with zero attached hydrogens (tertiary/aromatic N) is 1. The number of aromatic hydroxyl groups is 1. The molecule has 0 amide bonds. The fourth-order valence-electron chi connectivity index (χ4n) is 6.02. The van der Waals surface area contributed by atoms with Crippen LogP contribution in [0.3, 0.4) is 0 Å². The molecule has 0 saturated carbocycles. The van der Waals surface area contributed by atoms with E-state index in [4.69, 9.17) is 0 Å². The maximum absolute atomic E-state index is 10.7. The van der Waals surface area contributed by atoms with Gasteiger partial charge in [-0.2, -0.15) is 0 Å². The molecule has 0 saturated heterocycles. The molecule has 0 heterocycles. The number of hydrogen-bond acceptors (Lipinski definition) is 3. The lowest BCUT2D eigenvalue weighted by atomic mass is 9.86. The van der Waals surface area contributed by atoms with Gasteiger partial charge in [0.25, 0.3) is 0 Å². The fraction of sp³-hybridized carbons (Fsp3) is 0.658. The van der Waals surface area contributed by atoms with Crippen LogP contribution in [-0.4, -0.2) is 16.0 Å². The highest BCUT2D eigenvalue weighted by Gasteiger charge is 2.20. The Morgan fingerprint density at radius 1 is 0.634 bits per heavy atom. The molecule has 1 atom stereocenters. The first kappa shape index (κ1) is 34.9. The summed E-state index contributed by atoms with van der Waals surface area (Å²) >= 11 is 0. The Hall–Kier alpha value is -2.29. The second-order valence-corrected chi connectivity index (χ2v) is 12.3. The number of phenols is 1. The highest BCUT2D eigenvalue weighted by atomic mass is 16.4. The van der Waals surface area contributed by atoms with Gasteiger partial charge >= 0.3 is 0 Å². The van der Waals surface area contributed by atoms with E-state index in [9.17, 15) is 10.3 Å². The monoisotopic (exact) mass is 563 g/mol. The van der Waals surface area contributed by atoms with Gasteiger partial charge in [0.1, 0.15) is 5.75 Å². The molecule has 41 heavy (non-hydrogen) atoms. The number of oxime groups is 1. The summed E-state index contributed by atoms with van der Waals surface area (Å²) in [7, 11) is 0. The molecule has 3 nitrogen and oxygen atoms in total. The predicted octanol–water partition coefficient (Wildman–Crippen LogP) is 11.6. The average molecular weight is 564 g/mol. The van der Waals surface area contributed by atoms with E-state index in [2.05, 4.69) is 61.5 Å². The third kappa shape index (κ3) is 16.1. The van der Waals surface area contributed by atoms with Gasteiger partial charge in [-0.3, -0.25) is 0 Å². The molecule has 2 aromatic carbocycles. The topological polar surface area (TPSA) is 52.8 Å². The maximum Gasteiger partial charge on any atom is 0.119 e. The summed E-state index contributed by atoms with van der Waals surface area (Å²) in [6.07, 6.45) is 27.2. The molecule has 0 spiro atoms. The standard InChI is InChI=1S/C38H61NO2/c1-3-5-7-9-11-12-13-14-16-18-23-27-35(30-33-24-21-19-22-25-33)37(39-41)32-36-31-34(28-29-38(36)40)26-20-17-15-10-8-6-4-2/h19,21-22,24-25,28-29,31,35,40-41H,3-18,20,23,26-27,30,32H2,1-2H3. The zero-order valence-electron chi connectivity index (χ0n) is 26.6. The normalized spacial score (nSPS) is 12.6. The van der Waals surface area contributed by atoms with E-state index in [1.54, 1.807) is 0 Å². The van der Waals surface area contributed by atoms with Crippen LogP contribution in [-0.2, 0) is 19.3 Å². The van der Waals surface area contributed by atoms with Gasteiger partial charge in [-0.15, -0.1) is 0 Å². The summed E-state index contributed by atoms with van der Waals surface area (Å²) in [5.41, 5.74) is 4.23. The van der Waals surface area contributed by atoms with Crippen molar-refractivity contribution in [2.75, 3.05) is 0 Å². The second kappa shape index (κ2) is 23.3. The minimum Gasteiger partial charge on any atom is -0.508 e. The van der Waals surface area contributed by atoms with Gasteiger partial charge in [0.15, 0.2) is 0 Å². The van der Waals surface area contributed by atoms with Gasteiger partial charge in [-0.25, -0.2) is 0 Å². The molecule has 0 radical (unpaired) electrons. The van der Waals surface area contributed by atoms with E-state index in [1.165, 1.54) is 120 Å². The summed E-state index contributed by atoms with van der Waals surface area (Å²) in [6.45, 7) is 4.54. The maximum atomic E-state index is 10.7. The van der Waals surface area contributed by atoms with Gasteiger partial charge in [-0.1, -0.05) is 171 Å². The van der Waals surface area contributed by atoms with Crippen LogP contribution in [0.4, 0.5) is 0 Å². The van der Waals surface area contributed by atoms with E-state index >= 15 is 0 Å². The summed E-state index contributed by atoms with van der Waals surface area (Å²) in [6, 6.07) is 16.6. The first-order chi connectivity index (χ1) is 20.2. The quantitative estimate of drug-likeness (QED) is 0.0546. The van der Waals surface area contributed by atoms with Crippen molar-refractivity contribution in [2.45, 2.75) is 155 Å². The van der Waals surface area contributed by atoms with Gasteiger partial charge in [0, 0.05) is 12.3 Å². The Morgan fingerprint density at radius 3 is 1.73 bits per heavy atom. The molecule has 0 aliphatic rings. The van der Waals surface area contributed by atoms with Gasteiger partial charge in [0.05, 0.1) is 5.71 Å². The highest BCUT2D eigenvalue weighted by molar-refractivity contribution is 5.89. The number of aryl methyl sites for hydroxylation is 1. The Balaban J connectivity index is 1.88. The number of phenolic OH excluding ortho intramolecular Hbond substituents is 1. The zero-order valence-corrected chi connectivity index (χ0v) is 26.6. The molecule has 3 heteroatoms. The van der Waals surface area contributed by atoms with Crippen molar-refractivity contribution in [1.82, 2.24) is 0 Å². The van der Waals surface area contributed by atoms with Crippen molar-refractivity contribution >= 4 is 5.71 Å². The number of rotatable bonds is 25. The van der Waals surface area contributed by atoms with Crippen LogP contribution in [0.2, 0.25) is 0 Å². The summed E-state index contributed by atoms with van der Waals surface area (Å²) < 4.78 is 0. The largest absolute Gasteiger partial charge is 0.508 e. The van der Waals surface area contributed by atoms with E-state index < -0.39 is 0 Å². The molecular formula is C38H61NO2. The first-order valence-electron chi connectivity index (χ1n) is 17.2. The van der Waals surface area contributed by atoms with Crippen molar-refractivity contribution in [3.05, 3.63) is 65.2 Å². The van der Waals surface area contributed by atoms with Crippen molar-refractivity contribution in [2.24, 2.45) is 11.1 Å². The van der Waals surface area contributed by atoms with Crippen LogP contribution in [0.1, 0.15) is 153 Å². The summed E-state index contributed by atoms with van der Waals surface area (Å²) in [4.78, 5) is 0. The summed E-state index contributed by atoms with van der Waals surface area (Å²) in [5, 5.41) is 24.7. The lowest BCUT2D eigenvalue weighted by Crippen LogP contribution is -2.20. The Labute approximate surface area is 252 Å². The molecule has 0 bridgehead atoms. The van der Waals surface area contributed by atoms with E-state index in [1.807, 2.05) is 6.07 Å². The van der Waals surface area contributed by atoms with Gasteiger partial charge < -0.3 is 10.3 Å². The van der Waals surface area contributed by atoms with Crippen LogP contribution >= 0.6 is 0 Å². The molecule has 0 aromatic heterocycles. The lowest BCUT2D eigenvalue weighted by Gasteiger charge is -2.19. The average Bonchev–Trinajstić information content (AvgIpc) is 2.99. The molecule has 230 valence electrons. The van der Waals surface area contributed by atoms with Crippen LogP contribution in [0.25, 0.3) is 0 Å². The molecule has 2 aromatic rings. The number of unbranched alkanes of at least 4 members (excludes halogenated alkanes) is 16. The van der Waals surface area contributed by atoms with Crippen LogP contribution in [0.15, 0.2) is 53.7 Å². The van der Waals surface area contributed by atoms with Crippen molar-refractivity contribution in [3.63, 3.8) is 0 Å². The third-order valence-corrected chi connectivity index (χ3v) is 8.67. The van der Waals surface area contributed by atoms with Crippen LogP contribution in [0, 0.1) is 5.92 Å². The van der Waals surface area contributed by atoms with Crippen molar-refractivity contribution in [1.29, 1.82) is 0 Å². The zero-order chi connectivity index (χ0) is 29.4. The SMILES string of the molecule is CCCCCCCCCCCCCC(Cc1ccccc1)C(Cc1cc(CCCCCCCCC)ccc1O)=NO. The van der Waals surface area contributed by atoms with Crippen molar-refractivity contribution < 1.29 is 10.3 Å². The smallest absolute Gasteiger partial charge is 0.119 e. The Kier molecular flexibility index (Phi) is 19.8. The second-order valence-electron chi connectivity index (χ2n) is 12.3. The summed E-state index contributed by atoms with van der Waals surface area (Å²) in [5.74, 6) is 0.481. The van der Waals surface area contributed by atoms with E-state index in [0.29, 0.717) is 12.2 Å². The predicted molar refractivity (Wildman–Crippen MR) is 177 cm³/mol. The molecule has 2 N–H and O–H groups in total. The molecule has 2 rings (SSSR count). The molecule has 1 unspecified atom stereocenters. The van der Waals surface area contributed by atoms with Crippen LogP contribution < -0.4 is 0 Å². The highest BCUT2D eigenvalue weighted by Crippen LogP contribution is 2.26. The Morgan fingerprint density at radius 2 is 1.17 bits per heavy atom. The van der Waals surface area contributed by atoms with Crippen molar-refractivity contribution in [3.8, 4) is 5.75 Å². The minimum atomic E-state index is 0.173. The van der Waals surface area contributed by atoms with Gasteiger partial charge in [-0.05, 0) is 48.4 Å². The van der Waals surface area contributed by atoms with E-state index in [-0.39, 0.29) is 5.92 Å². The lowest BCUT2D eigenvalue weighted by molar-refractivity contribution is 0.312. The molecular weight excluding hydrogens is 502 g/mol. The first-order valence-corrected chi connectivity index (χ1v) is 17.2. The Bertz CT molecular complexity index is 923. The minimum absolute atomic E-state index is 0.173. The molecule has 0 aliphatic heterocycles. The number of benzene rings is 2. The third-order valence-electron chi connectivity index (χ3n) is 8.67. The fourth-order valence-corrected chi connectivity index (χ4v) is 6.02.